The molecule has 0 radical (unpaired) electrons. The van der Waals surface area contributed by atoms with Gasteiger partial charge in [-0.15, -0.1) is 13.2 Å². The van der Waals surface area contributed by atoms with Crippen molar-refractivity contribution in [2.45, 2.75) is 18.7 Å². The van der Waals surface area contributed by atoms with Crippen molar-refractivity contribution in [1.82, 2.24) is 4.90 Å². The van der Waals surface area contributed by atoms with Crippen LogP contribution in [0.1, 0.15) is 17.9 Å². The molecule has 3 amide bonds. The molecule has 152 valence electrons. The lowest BCUT2D eigenvalue weighted by molar-refractivity contribution is -0.274. The van der Waals surface area contributed by atoms with E-state index in [1.54, 1.807) is 0 Å². The van der Waals surface area contributed by atoms with Gasteiger partial charge in [-0.25, -0.2) is 4.39 Å². The van der Waals surface area contributed by atoms with E-state index >= 15 is 0 Å². The Balaban J connectivity index is 1.62. The number of nitrogens with zero attached hydrogens (tertiary/aromatic N) is 1. The number of nitrogens with one attached hydrogen (secondary N) is 1. The molecular weight excluding hydrogens is 396 g/mol. The Kier molecular flexibility index (Phi) is 5.53. The number of amides is 3. The summed E-state index contributed by atoms with van der Waals surface area (Å²) < 4.78 is 54.1. The number of alkyl halides is 3. The maximum absolute atomic E-state index is 13.9. The number of hydrogen-bond donors (Lipinski definition) is 1. The fourth-order valence-corrected chi connectivity index (χ4v) is 2.93. The summed E-state index contributed by atoms with van der Waals surface area (Å²) in [5, 5.41) is 2.37. The van der Waals surface area contributed by atoms with Crippen LogP contribution in [0.3, 0.4) is 0 Å². The Morgan fingerprint density at radius 1 is 1.10 bits per heavy atom. The minimum atomic E-state index is -4.84. The Hall–Kier alpha value is -3.43. The number of ether oxygens (including phenoxy) is 1. The zero-order valence-corrected chi connectivity index (χ0v) is 14.7. The number of hydrogen-bond acceptors (Lipinski definition) is 4. The highest BCUT2D eigenvalue weighted by molar-refractivity contribution is 6.09. The quantitative estimate of drug-likeness (QED) is 0.607. The average molecular weight is 410 g/mol. The van der Waals surface area contributed by atoms with Crippen LogP contribution in [-0.4, -0.2) is 35.5 Å². The van der Waals surface area contributed by atoms with Gasteiger partial charge in [-0.1, -0.05) is 18.2 Å². The molecule has 0 bridgehead atoms. The summed E-state index contributed by atoms with van der Waals surface area (Å²) in [6.45, 7) is -0.594. The second kappa shape index (κ2) is 7.90. The third-order valence-electron chi connectivity index (χ3n) is 4.20. The number of benzene rings is 2. The van der Waals surface area contributed by atoms with E-state index in [2.05, 4.69) is 10.1 Å². The first-order valence-corrected chi connectivity index (χ1v) is 8.38. The highest BCUT2D eigenvalue weighted by atomic mass is 19.4. The molecular formula is C19H14F4N2O4. The van der Waals surface area contributed by atoms with Gasteiger partial charge in [0.15, 0.2) is 0 Å². The Labute approximate surface area is 162 Å². The van der Waals surface area contributed by atoms with Crippen LogP contribution in [0.4, 0.5) is 23.2 Å². The first kappa shape index (κ1) is 20.3. The average Bonchev–Trinajstić information content (AvgIpc) is 2.90. The minimum absolute atomic E-state index is 0.0778. The Bertz CT molecular complexity index is 944. The molecule has 1 aliphatic rings. The molecule has 0 saturated carbocycles. The summed E-state index contributed by atoms with van der Waals surface area (Å²) in [5.41, 5.74) is 0.225. The van der Waals surface area contributed by atoms with Gasteiger partial charge in [-0.05, 0) is 30.3 Å². The maximum atomic E-state index is 13.9. The van der Waals surface area contributed by atoms with Gasteiger partial charge in [0.25, 0.3) is 0 Å². The Morgan fingerprint density at radius 2 is 1.76 bits per heavy atom. The molecule has 2 aromatic rings. The second-order valence-electron chi connectivity index (χ2n) is 6.22. The second-order valence-corrected chi connectivity index (χ2v) is 6.22. The van der Waals surface area contributed by atoms with Crippen molar-refractivity contribution in [3.63, 3.8) is 0 Å². The van der Waals surface area contributed by atoms with Gasteiger partial charge in [0.2, 0.25) is 17.7 Å². The fraction of sp³-hybridized carbons (Fsp3) is 0.211. The van der Waals surface area contributed by atoms with Crippen molar-refractivity contribution in [3.05, 3.63) is 59.9 Å². The van der Waals surface area contributed by atoms with Gasteiger partial charge in [0.1, 0.15) is 18.1 Å². The molecule has 0 spiro atoms. The van der Waals surface area contributed by atoms with E-state index in [4.69, 9.17) is 0 Å². The van der Waals surface area contributed by atoms with E-state index in [1.807, 2.05) is 0 Å². The lowest BCUT2D eigenvalue weighted by Crippen LogP contribution is -2.37. The molecule has 2 aromatic carbocycles. The molecule has 1 fully saturated rings. The predicted molar refractivity (Wildman–Crippen MR) is 92.2 cm³/mol. The zero-order chi connectivity index (χ0) is 21.2. The lowest BCUT2D eigenvalue weighted by atomic mass is 9.97. The Morgan fingerprint density at radius 3 is 2.38 bits per heavy atom. The van der Waals surface area contributed by atoms with E-state index in [1.165, 1.54) is 36.4 Å². The summed E-state index contributed by atoms with van der Waals surface area (Å²) in [6, 6.07) is 9.93. The summed E-state index contributed by atoms with van der Waals surface area (Å²) in [5.74, 6) is -4.13. The SMILES string of the molecule is O=C(CN1C(=O)C[C@H](c2ccccc2F)C1=O)Nc1ccc(OC(F)(F)F)cc1. The maximum Gasteiger partial charge on any atom is 0.573 e. The third-order valence-corrected chi connectivity index (χ3v) is 4.20. The molecule has 0 aliphatic carbocycles. The van der Waals surface area contributed by atoms with E-state index < -0.39 is 48.1 Å². The van der Waals surface area contributed by atoms with Crippen LogP contribution in [-0.2, 0) is 14.4 Å². The van der Waals surface area contributed by atoms with Crippen molar-refractivity contribution >= 4 is 23.4 Å². The molecule has 1 atom stereocenters. The zero-order valence-electron chi connectivity index (χ0n) is 14.7. The van der Waals surface area contributed by atoms with E-state index in [-0.39, 0.29) is 17.7 Å². The molecule has 1 saturated heterocycles. The molecule has 29 heavy (non-hydrogen) atoms. The molecule has 1 aliphatic heterocycles. The number of halogens is 4. The van der Waals surface area contributed by atoms with Gasteiger partial charge in [-0.2, -0.15) is 0 Å². The van der Waals surface area contributed by atoms with Crippen LogP contribution in [0, 0.1) is 5.82 Å². The van der Waals surface area contributed by atoms with Gasteiger partial charge in [-0.3, -0.25) is 19.3 Å². The number of likely N-dealkylation sites (tertiary alicyclic amines) is 1. The molecule has 10 heteroatoms. The fourth-order valence-electron chi connectivity index (χ4n) is 2.93. The number of imide groups is 1. The van der Waals surface area contributed by atoms with Crippen LogP contribution in [0.5, 0.6) is 5.75 Å². The largest absolute Gasteiger partial charge is 0.573 e. The van der Waals surface area contributed by atoms with Crippen molar-refractivity contribution in [2.24, 2.45) is 0 Å². The molecule has 0 unspecified atom stereocenters. The van der Waals surface area contributed by atoms with Crippen molar-refractivity contribution in [2.75, 3.05) is 11.9 Å². The standard InChI is InChI=1S/C19H14F4N2O4/c20-15-4-2-1-3-13(15)14-9-17(27)25(18(14)28)10-16(26)24-11-5-7-12(8-6-11)29-19(21,22)23/h1-8,14H,9-10H2,(H,24,26)/t14-/m1/s1. The smallest absolute Gasteiger partial charge is 0.406 e. The molecule has 3 rings (SSSR count). The number of carbonyl (C=O) groups excluding carboxylic acids is 3. The van der Waals surface area contributed by atoms with Crippen molar-refractivity contribution in [1.29, 1.82) is 0 Å². The summed E-state index contributed by atoms with van der Waals surface area (Å²) >= 11 is 0. The first-order chi connectivity index (χ1) is 13.6. The van der Waals surface area contributed by atoms with Crippen molar-refractivity contribution < 1.29 is 36.7 Å². The molecule has 0 aromatic heterocycles. The normalized spacial score (nSPS) is 16.8. The van der Waals surface area contributed by atoms with Gasteiger partial charge in [0.05, 0.1) is 5.92 Å². The van der Waals surface area contributed by atoms with Crippen LogP contribution < -0.4 is 10.1 Å². The third kappa shape index (κ3) is 4.89. The van der Waals surface area contributed by atoms with Gasteiger partial charge in [0, 0.05) is 17.7 Å². The van der Waals surface area contributed by atoms with Crippen LogP contribution >= 0.6 is 0 Å². The van der Waals surface area contributed by atoms with Crippen LogP contribution in [0.2, 0.25) is 0 Å². The predicted octanol–water partition coefficient (Wildman–Crippen LogP) is 3.21. The summed E-state index contributed by atoms with van der Waals surface area (Å²) in [4.78, 5) is 37.5. The number of rotatable bonds is 5. The highest BCUT2D eigenvalue weighted by Crippen LogP contribution is 2.31. The van der Waals surface area contributed by atoms with Gasteiger partial charge >= 0.3 is 6.36 Å². The van der Waals surface area contributed by atoms with Crippen LogP contribution in [0.15, 0.2) is 48.5 Å². The van der Waals surface area contributed by atoms with Crippen molar-refractivity contribution in [3.8, 4) is 5.75 Å². The topological polar surface area (TPSA) is 75.7 Å². The van der Waals surface area contributed by atoms with Crippen LogP contribution in [0.25, 0.3) is 0 Å². The summed E-state index contributed by atoms with van der Waals surface area (Å²) in [6.07, 6.45) is -5.09. The van der Waals surface area contributed by atoms with E-state index in [9.17, 15) is 31.9 Å². The highest BCUT2D eigenvalue weighted by Gasteiger charge is 2.41. The monoisotopic (exact) mass is 410 g/mol. The van der Waals surface area contributed by atoms with E-state index in [0.717, 1.165) is 17.0 Å². The molecule has 1 N–H and O–H groups in total. The minimum Gasteiger partial charge on any atom is -0.406 e. The first-order valence-electron chi connectivity index (χ1n) is 8.38. The summed E-state index contributed by atoms with van der Waals surface area (Å²) in [7, 11) is 0. The number of carbonyl (C=O) groups is 3. The van der Waals surface area contributed by atoms with Gasteiger partial charge < -0.3 is 10.1 Å². The lowest BCUT2D eigenvalue weighted by Gasteiger charge is -2.15. The van der Waals surface area contributed by atoms with E-state index in [0.29, 0.717) is 0 Å². The number of anilines is 1. The molecule has 1 heterocycles. The molecule has 6 nitrogen and oxygen atoms in total.